The van der Waals surface area contributed by atoms with E-state index in [1.54, 1.807) is 19.9 Å². The van der Waals surface area contributed by atoms with Crippen molar-refractivity contribution in [1.82, 2.24) is 20.1 Å². The Morgan fingerprint density at radius 2 is 1.91 bits per heavy atom. The number of hydrogen-bond donors (Lipinski definition) is 2. The molecule has 0 spiro atoms. The van der Waals surface area contributed by atoms with Crippen LogP contribution in [0.3, 0.4) is 0 Å². The van der Waals surface area contributed by atoms with Crippen LogP contribution in [0.25, 0.3) is 0 Å². The molecule has 0 fully saturated rings. The van der Waals surface area contributed by atoms with Crippen LogP contribution >= 0.6 is 11.8 Å². The Bertz CT molecular complexity index is 1120. The summed E-state index contributed by atoms with van der Waals surface area (Å²) in [6.07, 6.45) is 0. The first-order chi connectivity index (χ1) is 15.8. The maximum absolute atomic E-state index is 12.6. The zero-order valence-corrected chi connectivity index (χ0v) is 19.8. The van der Waals surface area contributed by atoms with E-state index < -0.39 is 11.6 Å². The second-order valence-corrected chi connectivity index (χ2v) is 9.15. The first kappa shape index (κ1) is 24.5. The van der Waals surface area contributed by atoms with Crippen LogP contribution in [0.4, 0.5) is 0 Å². The van der Waals surface area contributed by atoms with Gasteiger partial charge in [-0.1, -0.05) is 60.3 Å². The van der Waals surface area contributed by atoms with Gasteiger partial charge in [0.25, 0.3) is 0 Å². The lowest BCUT2D eigenvalue weighted by Crippen LogP contribution is -2.51. The van der Waals surface area contributed by atoms with E-state index in [4.69, 9.17) is 10.5 Å². The highest BCUT2D eigenvalue weighted by molar-refractivity contribution is 7.98. The van der Waals surface area contributed by atoms with Crippen molar-refractivity contribution >= 4 is 17.7 Å². The predicted octanol–water partition coefficient (Wildman–Crippen LogP) is 3.09. The molecule has 0 saturated carbocycles. The lowest BCUT2D eigenvalue weighted by Gasteiger charge is -2.24. The number of benzene rings is 2. The van der Waals surface area contributed by atoms with Crippen LogP contribution in [0.2, 0.25) is 0 Å². The topological polar surface area (TPSA) is 119 Å². The van der Waals surface area contributed by atoms with Gasteiger partial charge in [-0.15, -0.1) is 10.2 Å². The average Bonchev–Trinajstić information content (AvgIpc) is 3.17. The molecule has 0 radical (unpaired) electrons. The number of rotatable bonds is 10. The summed E-state index contributed by atoms with van der Waals surface area (Å²) >= 11 is 1.47. The van der Waals surface area contributed by atoms with Crippen molar-refractivity contribution in [1.29, 1.82) is 5.26 Å². The molecule has 0 saturated heterocycles. The molecule has 1 heterocycles. The smallest absolute Gasteiger partial charge is 0.240 e. The number of carbonyl (C=O) groups is 1. The van der Waals surface area contributed by atoms with Crippen molar-refractivity contribution in [3.63, 3.8) is 0 Å². The quantitative estimate of drug-likeness (QED) is 0.443. The number of hydrogen-bond acceptors (Lipinski definition) is 7. The molecule has 2 aromatic carbocycles. The Hall–Kier alpha value is -3.19. The van der Waals surface area contributed by atoms with E-state index in [0.29, 0.717) is 28.9 Å². The zero-order valence-electron chi connectivity index (χ0n) is 19.0. The lowest BCUT2D eigenvalue weighted by atomic mass is 10.1. The average molecular weight is 465 g/mol. The minimum Gasteiger partial charge on any atom is -0.374 e. The molecule has 0 aliphatic heterocycles. The number of nitriles is 1. The number of ether oxygens (including phenoxy) is 1. The Balaban J connectivity index is 1.74. The second kappa shape index (κ2) is 11.1. The third-order valence-electron chi connectivity index (χ3n) is 4.96. The first-order valence-electron chi connectivity index (χ1n) is 10.5. The van der Waals surface area contributed by atoms with Gasteiger partial charge in [0.2, 0.25) is 5.91 Å². The summed E-state index contributed by atoms with van der Waals surface area (Å²) in [5.74, 6) is 0.834. The minimum atomic E-state index is -1.05. The first-order valence-corrected chi connectivity index (χ1v) is 11.5. The van der Waals surface area contributed by atoms with E-state index in [1.165, 1.54) is 11.8 Å². The van der Waals surface area contributed by atoms with Gasteiger partial charge in [-0.2, -0.15) is 5.26 Å². The van der Waals surface area contributed by atoms with Crippen molar-refractivity contribution in [2.24, 2.45) is 12.8 Å². The molecule has 9 heteroatoms. The molecule has 33 heavy (non-hydrogen) atoms. The van der Waals surface area contributed by atoms with E-state index in [9.17, 15) is 10.1 Å². The van der Waals surface area contributed by atoms with Crippen LogP contribution in [-0.4, -0.2) is 32.8 Å². The van der Waals surface area contributed by atoms with Gasteiger partial charge in [0, 0.05) is 12.8 Å². The Labute approximate surface area is 198 Å². The summed E-state index contributed by atoms with van der Waals surface area (Å²) in [7, 11) is 1.85. The standard InChI is InChI=1S/C24H28N6O2S/c1-24(2,26)22(31)27-20(15-32-14-17-9-5-4-6-10-17)21-28-29-23(30(21)3)33-16-19-12-8-7-11-18(19)13-25/h4-12,20H,14-16,26H2,1-3H3,(H,27,31)/t20-/m1/s1. The molecule has 172 valence electrons. The SMILES string of the molecule is Cn1c(SCc2ccccc2C#N)nnc1[C@@H](COCc1ccccc1)NC(=O)C(C)(C)N. The highest BCUT2D eigenvalue weighted by Crippen LogP contribution is 2.25. The maximum Gasteiger partial charge on any atom is 0.240 e. The third-order valence-corrected chi connectivity index (χ3v) is 6.03. The molecule has 3 rings (SSSR count). The van der Waals surface area contributed by atoms with Crippen LogP contribution in [-0.2, 0) is 28.9 Å². The number of nitrogens with two attached hydrogens (primary N) is 1. The molecular formula is C24H28N6O2S. The van der Waals surface area contributed by atoms with E-state index in [2.05, 4.69) is 21.6 Å². The fourth-order valence-corrected chi connectivity index (χ4v) is 3.97. The molecule has 0 bridgehead atoms. The fraction of sp³-hybridized carbons (Fsp3) is 0.333. The molecule has 1 aromatic heterocycles. The van der Waals surface area contributed by atoms with E-state index in [1.807, 2.05) is 60.1 Å². The summed E-state index contributed by atoms with van der Waals surface area (Å²) in [4.78, 5) is 12.6. The van der Waals surface area contributed by atoms with E-state index in [0.717, 1.165) is 11.1 Å². The molecule has 0 unspecified atom stereocenters. The summed E-state index contributed by atoms with van der Waals surface area (Å²) < 4.78 is 7.73. The minimum absolute atomic E-state index is 0.213. The maximum atomic E-state index is 12.6. The molecule has 3 N–H and O–H groups in total. The van der Waals surface area contributed by atoms with Gasteiger partial charge in [-0.05, 0) is 31.0 Å². The number of amides is 1. The summed E-state index contributed by atoms with van der Waals surface area (Å²) in [6.45, 7) is 3.91. The Morgan fingerprint density at radius 1 is 1.21 bits per heavy atom. The van der Waals surface area contributed by atoms with Gasteiger partial charge in [0.05, 0.1) is 30.4 Å². The molecular weight excluding hydrogens is 436 g/mol. The number of thioether (sulfide) groups is 1. The third kappa shape index (κ3) is 6.65. The predicted molar refractivity (Wildman–Crippen MR) is 127 cm³/mol. The van der Waals surface area contributed by atoms with E-state index in [-0.39, 0.29) is 12.5 Å². The highest BCUT2D eigenvalue weighted by Gasteiger charge is 2.28. The zero-order chi connectivity index (χ0) is 23.8. The Morgan fingerprint density at radius 3 is 2.61 bits per heavy atom. The Kier molecular flexibility index (Phi) is 8.22. The van der Waals surface area contributed by atoms with Crippen molar-refractivity contribution in [2.45, 2.75) is 42.9 Å². The number of nitrogens with zero attached hydrogens (tertiary/aromatic N) is 4. The second-order valence-electron chi connectivity index (χ2n) is 8.21. The van der Waals surface area contributed by atoms with Crippen molar-refractivity contribution in [2.75, 3.05) is 6.61 Å². The van der Waals surface area contributed by atoms with Crippen LogP contribution in [0, 0.1) is 11.3 Å². The van der Waals surface area contributed by atoms with Crippen molar-refractivity contribution in [3.05, 3.63) is 77.1 Å². The van der Waals surface area contributed by atoms with Crippen LogP contribution < -0.4 is 11.1 Å². The van der Waals surface area contributed by atoms with Gasteiger partial charge >= 0.3 is 0 Å². The number of nitrogens with one attached hydrogen (secondary N) is 1. The van der Waals surface area contributed by atoms with Crippen molar-refractivity contribution in [3.8, 4) is 6.07 Å². The largest absolute Gasteiger partial charge is 0.374 e. The van der Waals surface area contributed by atoms with Gasteiger partial charge in [-0.3, -0.25) is 4.79 Å². The summed E-state index contributed by atoms with van der Waals surface area (Å²) in [5.41, 5.74) is 7.53. The molecule has 0 aliphatic rings. The van der Waals surface area contributed by atoms with Crippen LogP contribution in [0.5, 0.6) is 0 Å². The molecule has 1 atom stereocenters. The number of aromatic nitrogens is 3. The monoisotopic (exact) mass is 464 g/mol. The van der Waals surface area contributed by atoms with Crippen LogP contribution in [0.1, 0.15) is 42.4 Å². The fourth-order valence-electron chi connectivity index (χ4n) is 3.05. The normalized spacial score (nSPS) is 12.2. The summed E-state index contributed by atoms with van der Waals surface area (Å²) in [6, 6.07) is 19.0. The molecule has 1 amide bonds. The molecule has 3 aromatic rings. The lowest BCUT2D eigenvalue weighted by molar-refractivity contribution is -0.126. The highest BCUT2D eigenvalue weighted by atomic mass is 32.2. The van der Waals surface area contributed by atoms with Crippen LogP contribution in [0.15, 0.2) is 59.8 Å². The molecule has 8 nitrogen and oxygen atoms in total. The van der Waals surface area contributed by atoms with Gasteiger partial charge < -0.3 is 20.4 Å². The molecule has 0 aliphatic carbocycles. The van der Waals surface area contributed by atoms with Gasteiger partial charge in [0.1, 0.15) is 6.04 Å². The summed E-state index contributed by atoms with van der Waals surface area (Å²) in [5, 5.41) is 21.5. The van der Waals surface area contributed by atoms with E-state index >= 15 is 0 Å². The van der Waals surface area contributed by atoms with Gasteiger partial charge in [0.15, 0.2) is 11.0 Å². The number of carbonyl (C=O) groups excluding carboxylic acids is 1. The van der Waals surface area contributed by atoms with Crippen molar-refractivity contribution < 1.29 is 9.53 Å². The van der Waals surface area contributed by atoms with Gasteiger partial charge in [-0.25, -0.2) is 0 Å².